The van der Waals surface area contributed by atoms with Gasteiger partial charge in [-0.05, 0) is 48.9 Å². The van der Waals surface area contributed by atoms with Gasteiger partial charge in [-0.1, -0.05) is 19.9 Å². The number of hydrogen-bond donors (Lipinski definition) is 0. The lowest BCUT2D eigenvalue weighted by Crippen LogP contribution is -2.09. The van der Waals surface area contributed by atoms with Crippen molar-refractivity contribution in [1.29, 1.82) is 0 Å². The van der Waals surface area contributed by atoms with Crippen LogP contribution in [0, 0.1) is 18.7 Å². The molecule has 84 valence electrons. The fraction of sp³-hybridized carbons (Fsp3) is 0.538. The van der Waals surface area contributed by atoms with E-state index in [1.54, 1.807) is 6.07 Å². The van der Waals surface area contributed by atoms with Crippen LogP contribution in [0.25, 0.3) is 0 Å². The Morgan fingerprint density at radius 1 is 1.33 bits per heavy atom. The van der Waals surface area contributed by atoms with E-state index in [0.29, 0.717) is 5.92 Å². The molecule has 1 aromatic rings. The summed E-state index contributed by atoms with van der Waals surface area (Å²) in [5.74, 6) is 0.312. The van der Waals surface area contributed by atoms with E-state index < -0.39 is 0 Å². The average Bonchev–Trinajstić information content (AvgIpc) is 2.18. The summed E-state index contributed by atoms with van der Waals surface area (Å²) >= 11 is 6.16. The standard InChI is InChI=1S/C13H18ClF/c1-9(2)13(14)7-5-11-8-12(15)6-4-10(11)3/h4,6,8-9,13H,5,7H2,1-3H3. The molecule has 0 aliphatic carbocycles. The van der Waals surface area contributed by atoms with Crippen LogP contribution in [-0.4, -0.2) is 5.38 Å². The zero-order valence-corrected chi connectivity index (χ0v) is 10.3. The number of halogens is 2. The van der Waals surface area contributed by atoms with Crippen molar-refractivity contribution in [3.8, 4) is 0 Å². The van der Waals surface area contributed by atoms with Gasteiger partial charge in [0.05, 0.1) is 0 Å². The summed E-state index contributed by atoms with van der Waals surface area (Å²) in [6.45, 7) is 6.22. The molecule has 2 heteroatoms. The monoisotopic (exact) mass is 228 g/mol. The normalized spacial score (nSPS) is 13.2. The van der Waals surface area contributed by atoms with E-state index in [-0.39, 0.29) is 11.2 Å². The van der Waals surface area contributed by atoms with Crippen molar-refractivity contribution in [2.45, 2.75) is 39.0 Å². The molecule has 0 aliphatic rings. The van der Waals surface area contributed by atoms with Gasteiger partial charge in [-0.25, -0.2) is 4.39 Å². The van der Waals surface area contributed by atoms with Gasteiger partial charge in [0.2, 0.25) is 0 Å². The maximum Gasteiger partial charge on any atom is 0.123 e. The molecular weight excluding hydrogens is 211 g/mol. The van der Waals surface area contributed by atoms with Crippen LogP contribution in [0.4, 0.5) is 4.39 Å². The zero-order chi connectivity index (χ0) is 11.4. The molecule has 0 saturated carbocycles. The summed E-state index contributed by atoms with van der Waals surface area (Å²) in [5.41, 5.74) is 2.21. The Morgan fingerprint density at radius 3 is 2.60 bits per heavy atom. The molecular formula is C13H18ClF. The lowest BCUT2D eigenvalue weighted by molar-refractivity contribution is 0.563. The van der Waals surface area contributed by atoms with Crippen molar-refractivity contribution in [1.82, 2.24) is 0 Å². The predicted octanol–water partition coefficient (Wildman–Crippen LogP) is 4.33. The molecule has 0 aliphatic heterocycles. The van der Waals surface area contributed by atoms with Crippen molar-refractivity contribution in [3.63, 3.8) is 0 Å². The summed E-state index contributed by atoms with van der Waals surface area (Å²) in [4.78, 5) is 0. The summed E-state index contributed by atoms with van der Waals surface area (Å²) in [7, 11) is 0. The molecule has 0 radical (unpaired) electrons. The molecule has 1 aromatic carbocycles. The van der Waals surface area contributed by atoms with E-state index in [1.807, 2.05) is 13.0 Å². The van der Waals surface area contributed by atoms with E-state index in [1.165, 1.54) is 6.07 Å². The fourth-order valence-corrected chi connectivity index (χ4v) is 1.65. The third-order valence-electron chi connectivity index (χ3n) is 2.72. The third-order valence-corrected chi connectivity index (χ3v) is 3.45. The van der Waals surface area contributed by atoms with E-state index in [4.69, 9.17) is 11.6 Å². The van der Waals surface area contributed by atoms with Gasteiger partial charge in [-0.2, -0.15) is 0 Å². The van der Waals surface area contributed by atoms with Crippen LogP contribution in [0.1, 0.15) is 31.4 Å². The van der Waals surface area contributed by atoms with Crippen molar-refractivity contribution in [2.24, 2.45) is 5.92 Å². The molecule has 0 nitrogen and oxygen atoms in total. The van der Waals surface area contributed by atoms with E-state index >= 15 is 0 Å². The minimum atomic E-state index is -0.161. The van der Waals surface area contributed by atoms with Crippen LogP contribution in [0.2, 0.25) is 0 Å². The van der Waals surface area contributed by atoms with Gasteiger partial charge < -0.3 is 0 Å². The van der Waals surface area contributed by atoms with Gasteiger partial charge in [-0.15, -0.1) is 11.6 Å². The third kappa shape index (κ3) is 3.83. The Labute approximate surface area is 96.5 Å². The highest BCUT2D eigenvalue weighted by atomic mass is 35.5. The van der Waals surface area contributed by atoms with Gasteiger partial charge in [-0.3, -0.25) is 0 Å². The molecule has 0 bridgehead atoms. The highest BCUT2D eigenvalue weighted by Crippen LogP contribution is 2.19. The van der Waals surface area contributed by atoms with Crippen molar-refractivity contribution < 1.29 is 4.39 Å². The second-order valence-electron chi connectivity index (χ2n) is 4.37. The molecule has 0 fully saturated rings. The van der Waals surface area contributed by atoms with Gasteiger partial charge in [0, 0.05) is 5.38 Å². The topological polar surface area (TPSA) is 0 Å². The lowest BCUT2D eigenvalue weighted by atomic mass is 9.99. The Bertz CT molecular complexity index is 320. The van der Waals surface area contributed by atoms with Gasteiger partial charge in [0.1, 0.15) is 5.82 Å². The van der Waals surface area contributed by atoms with Crippen LogP contribution in [0.3, 0.4) is 0 Å². The minimum Gasteiger partial charge on any atom is -0.207 e. The lowest BCUT2D eigenvalue weighted by Gasteiger charge is -2.13. The Kier molecular flexibility index (Phi) is 4.59. The van der Waals surface area contributed by atoms with Crippen molar-refractivity contribution in [2.75, 3.05) is 0 Å². The Morgan fingerprint density at radius 2 is 2.00 bits per heavy atom. The second kappa shape index (κ2) is 5.50. The largest absolute Gasteiger partial charge is 0.207 e. The van der Waals surface area contributed by atoms with E-state index in [2.05, 4.69) is 13.8 Å². The second-order valence-corrected chi connectivity index (χ2v) is 4.93. The summed E-state index contributed by atoms with van der Waals surface area (Å²) in [6, 6.07) is 4.93. The number of hydrogen-bond acceptors (Lipinski definition) is 0. The highest BCUT2D eigenvalue weighted by Gasteiger charge is 2.10. The van der Waals surface area contributed by atoms with E-state index in [0.717, 1.165) is 24.0 Å². The SMILES string of the molecule is Cc1ccc(F)cc1CCC(Cl)C(C)C. The first-order chi connectivity index (χ1) is 7.00. The maximum absolute atomic E-state index is 13.0. The maximum atomic E-state index is 13.0. The fourth-order valence-electron chi connectivity index (χ4n) is 1.54. The van der Waals surface area contributed by atoms with Gasteiger partial charge >= 0.3 is 0 Å². The first-order valence-corrected chi connectivity index (χ1v) is 5.83. The smallest absolute Gasteiger partial charge is 0.123 e. The van der Waals surface area contributed by atoms with Crippen molar-refractivity contribution >= 4 is 11.6 Å². The van der Waals surface area contributed by atoms with Crippen LogP contribution in [0.5, 0.6) is 0 Å². The van der Waals surface area contributed by atoms with Crippen LogP contribution >= 0.6 is 11.6 Å². The van der Waals surface area contributed by atoms with Crippen LogP contribution < -0.4 is 0 Å². The van der Waals surface area contributed by atoms with Crippen molar-refractivity contribution in [3.05, 3.63) is 35.1 Å². The van der Waals surface area contributed by atoms with Gasteiger partial charge in [0.15, 0.2) is 0 Å². The summed E-state index contributed by atoms with van der Waals surface area (Å²) in [5, 5.41) is 0.174. The van der Waals surface area contributed by atoms with E-state index in [9.17, 15) is 4.39 Å². The first kappa shape index (κ1) is 12.5. The molecule has 0 amide bonds. The number of aryl methyl sites for hydroxylation is 2. The molecule has 0 aromatic heterocycles. The quantitative estimate of drug-likeness (QED) is 0.673. The molecule has 15 heavy (non-hydrogen) atoms. The number of rotatable bonds is 4. The number of benzene rings is 1. The summed E-state index contributed by atoms with van der Waals surface area (Å²) < 4.78 is 13.0. The molecule has 0 saturated heterocycles. The molecule has 0 N–H and O–H groups in total. The molecule has 0 heterocycles. The molecule has 0 spiro atoms. The minimum absolute atomic E-state index is 0.161. The molecule has 1 atom stereocenters. The summed E-state index contributed by atoms with van der Waals surface area (Å²) in [6.07, 6.45) is 1.76. The highest BCUT2D eigenvalue weighted by molar-refractivity contribution is 6.20. The van der Waals surface area contributed by atoms with Crippen LogP contribution in [0.15, 0.2) is 18.2 Å². The van der Waals surface area contributed by atoms with Gasteiger partial charge in [0.25, 0.3) is 0 Å². The predicted molar refractivity (Wildman–Crippen MR) is 63.9 cm³/mol. The number of alkyl halides is 1. The molecule has 1 rings (SSSR count). The molecule has 1 unspecified atom stereocenters. The average molecular weight is 229 g/mol. The Balaban J connectivity index is 2.61. The zero-order valence-electron chi connectivity index (χ0n) is 9.56. The first-order valence-electron chi connectivity index (χ1n) is 5.40. The van der Waals surface area contributed by atoms with Crippen LogP contribution in [-0.2, 0) is 6.42 Å². The Hall–Kier alpha value is -0.560.